The summed E-state index contributed by atoms with van der Waals surface area (Å²) in [5.74, 6) is -1.85. The smallest absolute Gasteiger partial charge is 0.247 e. The van der Waals surface area contributed by atoms with Crippen molar-refractivity contribution in [1.29, 1.82) is 0 Å². The predicted octanol–water partition coefficient (Wildman–Crippen LogP) is 2.24. The lowest BCUT2D eigenvalue weighted by atomic mass is 9.85. The second-order valence-corrected chi connectivity index (χ2v) is 10.8. The van der Waals surface area contributed by atoms with Gasteiger partial charge in [-0.1, -0.05) is 32.1 Å². The average molecular weight is 448 g/mol. The molecule has 3 atom stereocenters. The van der Waals surface area contributed by atoms with Gasteiger partial charge in [0.25, 0.3) is 0 Å². The van der Waals surface area contributed by atoms with Crippen LogP contribution in [0.4, 0.5) is 5.69 Å². The van der Waals surface area contributed by atoms with Crippen LogP contribution in [0.2, 0.25) is 0 Å². The minimum Gasteiger partial charge on any atom is -0.324 e. The van der Waals surface area contributed by atoms with Crippen LogP contribution in [-0.2, 0) is 24.4 Å². The first-order chi connectivity index (χ1) is 14.5. The molecule has 1 heterocycles. The first kappa shape index (κ1) is 23.1. The lowest BCUT2D eigenvalue weighted by molar-refractivity contribution is -0.147. The van der Waals surface area contributed by atoms with E-state index in [9.17, 15) is 22.8 Å². The highest BCUT2D eigenvalue weighted by Crippen LogP contribution is 2.37. The van der Waals surface area contributed by atoms with Gasteiger partial charge in [0.1, 0.15) is 6.04 Å². The lowest BCUT2D eigenvalue weighted by Gasteiger charge is -2.27. The van der Waals surface area contributed by atoms with E-state index in [0.29, 0.717) is 24.9 Å². The normalized spacial score (nSPS) is 22.2. The number of hydrogen-bond donors (Lipinski definition) is 1. The third-order valence-electron chi connectivity index (χ3n) is 5.73. The van der Waals surface area contributed by atoms with E-state index in [1.165, 1.54) is 32.3 Å². The summed E-state index contributed by atoms with van der Waals surface area (Å²) in [6, 6.07) is 4.99. The summed E-state index contributed by atoms with van der Waals surface area (Å²) in [7, 11) is -0.808. The van der Waals surface area contributed by atoms with E-state index in [4.69, 9.17) is 0 Å². The number of anilines is 1. The van der Waals surface area contributed by atoms with E-state index in [1.807, 2.05) is 26.0 Å². The number of imide groups is 1. The number of fused-ring (bicyclic) bond motifs is 1. The fourth-order valence-corrected chi connectivity index (χ4v) is 5.03. The average Bonchev–Trinajstić information content (AvgIpc) is 2.97. The Labute approximate surface area is 183 Å². The molecule has 0 radical (unpaired) electrons. The summed E-state index contributed by atoms with van der Waals surface area (Å²) in [6.45, 7) is 3.84. The molecule has 1 fully saturated rings. The Balaban J connectivity index is 1.87. The third-order valence-corrected chi connectivity index (χ3v) is 7.54. The van der Waals surface area contributed by atoms with Gasteiger partial charge in [-0.15, -0.1) is 0 Å². The molecule has 0 saturated carbocycles. The number of likely N-dealkylation sites (tertiary alicyclic amines) is 1. The second-order valence-electron chi connectivity index (χ2n) is 8.65. The van der Waals surface area contributed by atoms with Crippen molar-refractivity contribution < 1.29 is 22.8 Å². The summed E-state index contributed by atoms with van der Waals surface area (Å²) in [6.07, 6.45) is 5.15. The maximum atomic E-state index is 13.2. The maximum Gasteiger partial charge on any atom is 0.247 e. The molecule has 1 N–H and O–H groups in total. The van der Waals surface area contributed by atoms with Gasteiger partial charge in [-0.05, 0) is 43.4 Å². The second kappa shape index (κ2) is 8.92. The fraction of sp³-hybridized carbons (Fsp3) is 0.500. The van der Waals surface area contributed by atoms with Crippen LogP contribution in [0, 0.1) is 17.8 Å². The molecular formula is C22H29N3O5S. The van der Waals surface area contributed by atoms with Crippen molar-refractivity contribution in [3.63, 3.8) is 0 Å². The van der Waals surface area contributed by atoms with Gasteiger partial charge in [-0.3, -0.25) is 19.3 Å². The van der Waals surface area contributed by atoms with Crippen LogP contribution in [-0.4, -0.2) is 55.5 Å². The number of nitrogens with one attached hydrogen (secondary N) is 1. The van der Waals surface area contributed by atoms with Gasteiger partial charge in [0.2, 0.25) is 27.7 Å². The zero-order chi connectivity index (χ0) is 22.9. The van der Waals surface area contributed by atoms with Crippen molar-refractivity contribution in [3.8, 4) is 0 Å². The summed E-state index contributed by atoms with van der Waals surface area (Å²) in [5, 5.41) is 2.71. The molecule has 1 aromatic rings. The Kier molecular flexibility index (Phi) is 6.66. The van der Waals surface area contributed by atoms with Crippen molar-refractivity contribution >= 4 is 33.4 Å². The van der Waals surface area contributed by atoms with Gasteiger partial charge in [0.05, 0.1) is 16.7 Å². The van der Waals surface area contributed by atoms with E-state index in [2.05, 4.69) is 5.32 Å². The van der Waals surface area contributed by atoms with E-state index < -0.39 is 33.8 Å². The van der Waals surface area contributed by atoms with Crippen LogP contribution in [0.1, 0.15) is 33.1 Å². The molecule has 1 aliphatic carbocycles. The molecule has 168 valence electrons. The molecule has 1 aromatic carbocycles. The summed E-state index contributed by atoms with van der Waals surface area (Å²) in [5.41, 5.74) is 0.292. The fourth-order valence-electron chi connectivity index (χ4n) is 4.08. The van der Waals surface area contributed by atoms with Crippen LogP contribution in [0.5, 0.6) is 0 Å². The molecule has 31 heavy (non-hydrogen) atoms. The van der Waals surface area contributed by atoms with Crippen molar-refractivity contribution in [1.82, 2.24) is 9.21 Å². The highest BCUT2D eigenvalue weighted by molar-refractivity contribution is 7.89. The monoisotopic (exact) mass is 447 g/mol. The lowest BCUT2D eigenvalue weighted by Crippen LogP contribution is -2.48. The molecule has 3 unspecified atom stereocenters. The number of carbonyl (C=O) groups is 3. The van der Waals surface area contributed by atoms with E-state index in [1.54, 1.807) is 6.07 Å². The molecular weight excluding hydrogens is 418 g/mol. The van der Waals surface area contributed by atoms with Crippen LogP contribution < -0.4 is 5.32 Å². The number of rotatable bonds is 7. The van der Waals surface area contributed by atoms with E-state index in [-0.39, 0.29) is 22.6 Å². The Morgan fingerprint density at radius 3 is 2.23 bits per heavy atom. The topological polar surface area (TPSA) is 104 Å². The van der Waals surface area contributed by atoms with Gasteiger partial charge >= 0.3 is 0 Å². The van der Waals surface area contributed by atoms with Gasteiger partial charge in [-0.2, -0.15) is 0 Å². The number of allylic oxidation sites excluding steroid dienone is 2. The van der Waals surface area contributed by atoms with Crippen LogP contribution >= 0.6 is 0 Å². The van der Waals surface area contributed by atoms with Crippen LogP contribution in [0.3, 0.4) is 0 Å². The molecule has 0 spiro atoms. The number of amides is 3. The van der Waals surface area contributed by atoms with Crippen LogP contribution in [0.25, 0.3) is 0 Å². The van der Waals surface area contributed by atoms with Crippen LogP contribution in [0.15, 0.2) is 41.3 Å². The van der Waals surface area contributed by atoms with Crippen molar-refractivity contribution in [3.05, 3.63) is 36.4 Å². The molecule has 9 heteroatoms. The van der Waals surface area contributed by atoms with E-state index >= 15 is 0 Å². The molecule has 8 nitrogen and oxygen atoms in total. The van der Waals surface area contributed by atoms with E-state index in [0.717, 1.165) is 9.21 Å². The van der Waals surface area contributed by atoms with Crippen molar-refractivity contribution in [2.75, 3.05) is 19.4 Å². The quantitative estimate of drug-likeness (QED) is 0.510. The highest BCUT2D eigenvalue weighted by atomic mass is 32.2. The zero-order valence-electron chi connectivity index (χ0n) is 18.2. The summed E-state index contributed by atoms with van der Waals surface area (Å²) in [4.78, 5) is 40.4. The van der Waals surface area contributed by atoms with Gasteiger partial charge in [0.15, 0.2) is 0 Å². The number of benzene rings is 1. The number of sulfonamides is 1. The Morgan fingerprint density at radius 2 is 1.71 bits per heavy atom. The first-order valence-corrected chi connectivity index (χ1v) is 11.8. The highest BCUT2D eigenvalue weighted by Gasteiger charge is 2.51. The Hall–Kier alpha value is -2.52. The molecule has 3 rings (SSSR count). The maximum absolute atomic E-state index is 13.2. The predicted molar refractivity (Wildman–Crippen MR) is 116 cm³/mol. The van der Waals surface area contributed by atoms with Crippen molar-refractivity contribution in [2.45, 2.75) is 44.0 Å². The number of carbonyl (C=O) groups excluding carboxylic acids is 3. The van der Waals surface area contributed by atoms with Crippen molar-refractivity contribution in [2.24, 2.45) is 17.8 Å². The number of hydrogen-bond acceptors (Lipinski definition) is 5. The summed E-state index contributed by atoms with van der Waals surface area (Å²) < 4.78 is 25.9. The minimum absolute atomic E-state index is 0.0427. The molecule has 1 aliphatic heterocycles. The molecule has 0 bridgehead atoms. The summed E-state index contributed by atoms with van der Waals surface area (Å²) >= 11 is 0. The SMILES string of the molecule is CC(C)CC(C(=O)Nc1cccc(S(=O)(=O)N(C)C)c1)N1C(=O)C2CC=CCC2C1=O. The molecule has 3 amide bonds. The van der Waals surface area contributed by atoms with Gasteiger partial charge in [0, 0.05) is 19.8 Å². The molecule has 2 aliphatic rings. The number of nitrogens with zero attached hydrogens (tertiary/aromatic N) is 2. The Morgan fingerprint density at radius 1 is 1.13 bits per heavy atom. The molecule has 1 saturated heterocycles. The molecule has 0 aromatic heterocycles. The minimum atomic E-state index is -3.67. The first-order valence-electron chi connectivity index (χ1n) is 10.4. The van der Waals surface area contributed by atoms with Gasteiger partial charge < -0.3 is 5.32 Å². The third kappa shape index (κ3) is 4.57. The standard InChI is InChI=1S/C22H29N3O5S/c1-14(2)12-19(25-21(27)17-10-5-6-11-18(17)22(25)28)20(26)23-15-8-7-9-16(13-15)31(29,30)24(3)4/h5-9,13-14,17-19H,10-12H2,1-4H3,(H,23,26). The largest absolute Gasteiger partial charge is 0.324 e. The zero-order valence-corrected chi connectivity index (χ0v) is 19.1. The Bertz CT molecular complexity index is 990. The van der Waals surface area contributed by atoms with Gasteiger partial charge in [-0.25, -0.2) is 12.7 Å².